The van der Waals surface area contributed by atoms with Crippen molar-refractivity contribution in [3.05, 3.63) is 34.9 Å². The number of anilines is 1. The van der Waals surface area contributed by atoms with Gasteiger partial charge in [-0.25, -0.2) is 18.0 Å². The number of carbonyl (C=O) groups excluding carboxylic acids is 1. The van der Waals surface area contributed by atoms with E-state index in [4.69, 9.17) is 10.5 Å². The number of nitrogen functional groups attached to an aromatic ring is 1. The van der Waals surface area contributed by atoms with Crippen LogP contribution >= 0.6 is 0 Å². The second kappa shape index (κ2) is 6.04. The van der Waals surface area contributed by atoms with Gasteiger partial charge in [-0.3, -0.25) is 0 Å². The predicted molar refractivity (Wildman–Crippen MR) is 71.4 cm³/mol. The third-order valence-electron chi connectivity index (χ3n) is 2.86. The Hall–Kier alpha value is -2.58. The van der Waals surface area contributed by atoms with Crippen LogP contribution in [0.2, 0.25) is 0 Å². The van der Waals surface area contributed by atoms with Crippen LogP contribution in [0.25, 0.3) is 5.69 Å². The van der Waals surface area contributed by atoms with Crippen LogP contribution in [0.1, 0.15) is 35.1 Å². The molecule has 0 saturated heterocycles. The first-order valence-corrected chi connectivity index (χ1v) is 6.33. The molecule has 0 fully saturated rings. The number of nitrogens with zero attached hydrogens (tertiary/aromatic N) is 3. The summed E-state index contributed by atoms with van der Waals surface area (Å²) in [5, 5.41) is 3.45. The number of alkyl halides is 2. The highest BCUT2D eigenvalue weighted by molar-refractivity contribution is 5.91. The van der Waals surface area contributed by atoms with E-state index in [9.17, 15) is 18.0 Å². The maximum Gasteiger partial charge on any atom is 0.338 e. The molecule has 0 unspecified atom stereocenters. The third-order valence-corrected chi connectivity index (χ3v) is 2.86. The first-order chi connectivity index (χ1) is 10.3. The summed E-state index contributed by atoms with van der Waals surface area (Å²) in [7, 11) is 0. The minimum absolute atomic E-state index is 0.0896. The Morgan fingerprint density at radius 2 is 2.14 bits per heavy atom. The van der Waals surface area contributed by atoms with Crippen molar-refractivity contribution in [3.63, 3.8) is 0 Å². The average molecular weight is 314 g/mol. The molecule has 0 aliphatic carbocycles. The molecule has 2 aromatic rings. The monoisotopic (exact) mass is 314 g/mol. The Balaban J connectivity index is 2.56. The van der Waals surface area contributed by atoms with Crippen molar-refractivity contribution in [2.75, 3.05) is 12.3 Å². The Bertz CT molecular complexity index is 716. The highest BCUT2D eigenvalue weighted by Gasteiger charge is 2.21. The second-order valence-electron chi connectivity index (χ2n) is 4.38. The first kappa shape index (κ1) is 15.8. The molecule has 0 atom stereocenters. The van der Waals surface area contributed by atoms with Crippen LogP contribution in [-0.2, 0) is 4.74 Å². The van der Waals surface area contributed by atoms with E-state index < -0.39 is 30.0 Å². The molecule has 2 N–H and O–H groups in total. The third kappa shape index (κ3) is 2.87. The van der Waals surface area contributed by atoms with Crippen LogP contribution in [0.15, 0.2) is 12.1 Å². The van der Waals surface area contributed by atoms with E-state index in [1.807, 2.05) is 0 Å². The van der Waals surface area contributed by atoms with Crippen molar-refractivity contribution in [1.82, 2.24) is 14.8 Å². The van der Waals surface area contributed by atoms with E-state index in [2.05, 4.69) is 10.1 Å². The predicted octanol–water partition coefficient (Wildman–Crippen LogP) is 2.41. The molecular formula is C13H13F3N4O2. The van der Waals surface area contributed by atoms with Gasteiger partial charge in [0.2, 0.25) is 11.8 Å². The van der Waals surface area contributed by atoms with Crippen LogP contribution in [0, 0.1) is 12.7 Å². The van der Waals surface area contributed by atoms with E-state index in [1.54, 1.807) is 6.92 Å². The van der Waals surface area contributed by atoms with Gasteiger partial charge in [0.15, 0.2) is 0 Å². The van der Waals surface area contributed by atoms with Gasteiger partial charge >= 0.3 is 5.97 Å². The van der Waals surface area contributed by atoms with Gasteiger partial charge in [-0.05, 0) is 31.5 Å². The normalized spacial score (nSPS) is 11.0. The van der Waals surface area contributed by atoms with E-state index in [0.29, 0.717) is 5.56 Å². The van der Waals surface area contributed by atoms with Crippen LogP contribution in [0.5, 0.6) is 0 Å². The highest BCUT2D eigenvalue weighted by atomic mass is 19.3. The number of rotatable bonds is 4. The molecular weight excluding hydrogens is 301 g/mol. The lowest BCUT2D eigenvalue weighted by molar-refractivity contribution is 0.0525. The number of aryl methyl sites for hydroxylation is 1. The SMILES string of the molecule is CCOC(=O)c1cc(-n2nc(C(F)F)nc2N)c(F)cc1C. The van der Waals surface area contributed by atoms with Crippen LogP contribution < -0.4 is 5.73 Å². The molecule has 6 nitrogen and oxygen atoms in total. The molecule has 22 heavy (non-hydrogen) atoms. The smallest absolute Gasteiger partial charge is 0.338 e. The largest absolute Gasteiger partial charge is 0.462 e. The molecule has 1 heterocycles. The number of aromatic nitrogens is 3. The molecule has 0 amide bonds. The number of hydrogen-bond donors (Lipinski definition) is 1. The maximum atomic E-state index is 14.1. The van der Waals surface area contributed by atoms with Gasteiger partial charge in [0.05, 0.1) is 12.2 Å². The Kier molecular flexibility index (Phi) is 4.34. The molecule has 1 aromatic carbocycles. The zero-order valence-electron chi connectivity index (χ0n) is 11.8. The molecule has 0 aliphatic rings. The van der Waals surface area contributed by atoms with Gasteiger partial charge in [0, 0.05) is 0 Å². The molecule has 2 rings (SSSR count). The maximum absolute atomic E-state index is 14.1. The molecule has 0 radical (unpaired) electrons. The molecule has 118 valence electrons. The van der Waals surface area contributed by atoms with E-state index >= 15 is 0 Å². The summed E-state index contributed by atoms with van der Waals surface area (Å²) in [6.07, 6.45) is -2.94. The summed E-state index contributed by atoms with van der Waals surface area (Å²) in [5.41, 5.74) is 5.65. The van der Waals surface area contributed by atoms with E-state index in [0.717, 1.165) is 16.8 Å². The molecule has 0 bridgehead atoms. The van der Waals surface area contributed by atoms with Gasteiger partial charge in [-0.15, -0.1) is 5.10 Å². The lowest BCUT2D eigenvalue weighted by Gasteiger charge is -2.10. The van der Waals surface area contributed by atoms with Gasteiger partial charge in [0.1, 0.15) is 11.5 Å². The molecule has 0 spiro atoms. The van der Waals surface area contributed by atoms with Gasteiger partial charge < -0.3 is 10.5 Å². The summed E-state index contributed by atoms with van der Waals surface area (Å²) in [6.45, 7) is 3.29. The van der Waals surface area contributed by atoms with Crippen molar-refractivity contribution in [3.8, 4) is 5.69 Å². The lowest BCUT2D eigenvalue weighted by Crippen LogP contribution is -2.11. The number of ether oxygens (including phenoxy) is 1. The summed E-state index contributed by atoms with van der Waals surface area (Å²) in [6, 6.07) is 2.22. The summed E-state index contributed by atoms with van der Waals surface area (Å²) < 4.78 is 44.8. The van der Waals surface area contributed by atoms with Crippen molar-refractivity contribution in [2.24, 2.45) is 0 Å². The van der Waals surface area contributed by atoms with Gasteiger partial charge in [0.25, 0.3) is 6.43 Å². The minimum Gasteiger partial charge on any atom is -0.462 e. The summed E-state index contributed by atoms with van der Waals surface area (Å²) >= 11 is 0. The average Bonchev–Trinajstić information content (AvgIpc) is 2.81. The Morgan fingerprint density at radius 1 is 1.45 bits per heavy atom. The van der Waals surface area contributed by atoms with Crippen LogP contribution in [0.3, 0.4) is 0 Å². The van der Waals surface area contributed by atoms with Gasteiger partial charge in [-0.1, -0.05) is 0 Å². The fraction of sp³-hybridized carbons (Fsp3) is 0.308. The topological polar surface area (TPSA) is 83.0 Å². The van der Waals surface area contributed by atoms with Crippen molar-refractivity contribution >= 4 is 11.9 Å². The first-order valence-electron chi connectivity index (χ1n) is 6.33. The quantitative estimate of drug-likeness (QED) is 0.876. The fourth-order valence-electron chi connectivity index (χ4n) is 1.86. The van der Waals surface area contributed by atoms with Crippen molar-refractivity contribution < 1.29 is 22.7 Å². The lowest BCUT2D eigenvalue weighted by atomic mass is 10.1. The number of esters is 1. The van der Waals surface area contributed by atoms with Crippen LogP contribution in [-0.4, -0.2) is 27.3 Å². The fourth-order valence-corrected chi connectivity index (χ4v) is 1.86. The highest BCUT2D eigenvalue weighted by Crippen LogP contribution is 2.23. The van der Waals surface area contributed by atoms with E-state index in [-0.39, 0.29) is 17.9 Å². The number of carbonyl (C=O) groups is 1. The van der Waals surface area contributed by atoms with Gasteiger partial charge in [-0.2, -0.15) is 9.67 Å². The Morgan fingerprint density at radius 3 is 2.68 bits per heavy atom. The molecule has 1 aromatic heterocycles. The Labute approximate surface area is 123 Å². The summed E-state index contributed by atoms with van der Waals surface area (Å²) in [4.78, 5) is 15.2. The number of hydrogen-bond acceptors (Lipinski definition) is 5. The van der Waals surface area contributed by atoms with Crippen molar-refractivity contribution in [2.45, 2.75) is 20.3 Å². The standard InChI is InChI=1S/C13H13F3N4O2/c1-3-22-12(21)7-5-9(8(14)4-6(7)2)20-13(17)18-11(19-20)10(15)16/h4-5,10H,3H2,1-2H3,(H2,17,18,19). The zero-order chi connectivity index (χ0) is 16.4. The second-order valence-corrected chi connectivity index (χ2v) is 4.38. The number of nitrogens with two attached hydrogens (primary N) is 1. The number of benzene rings is 1. The molecule has 9 heteroatoms. The molecule has 0 aliphatic heterocycles. The van der Waals surface area contributed by atoms with Crippen molar-refractivity contribution in [1.29, 1.82) is 0 Å². The molecule has 0 saturated carbocycles. The number of halogens is 3. The summed E-state index contributed by atoms with van der Waals surface area (Å²) in [5.74, 6) is -2.67. The zero-order valence-corrected chi connectivity index (χ0v) is 11.8. The van der Waals surface area contributed by atoms with E-state index in [1.165, 1.54) is 6.92 Å². The van der Waals surface area contributed by atoms with Crippen LogP contribution in [0.4, 0.5) is 19.1 Å². The minimum atomic E-state index is -2.94.